The average molecular weight is 489 g/mol. The Bertz CT molecular complexity index is 633. The van der Waals surface area contributed by atoms with Crippen LogP contribution in [0.5, 0.6) is 0 Å². The second kappa shape index (κ2) is 13.2. The summed E-state index contributed by atoms with van der Waals surface area (Å²) in [7, 11) is 0. The minimum Gasteiger partial charge on any atom is -0.341 e. The van der Waals surface area contributed by atoms with Crippen molar-refractivity contribution >= 4 is 35.0 Å². The van der Waals surface area contributed by atoms with Crippen LogP contribution in [0.25, 0.3) is 0 Å². The van der Waals surface area contributed by atoms with Gasteiger partial charge in [-0.05, 0) is 49.9 Å². The number of carbonyl (C=O) groups is 2. The van der Waals surface area contributed by atoms with E-state index in [2.05, 4.69) is 19.2 Å². The highest BCUT2D eigenvalue weighted by Crippen LogP contribution is 2.30. The maximum atomic E-state index is 13.2. The SMILES string of the molecule is CC(C)C1CCC(NCCC(=O)N(CCN2CCCC2=O)CC(Cl)(/C=C/Cl)C(C)C)CC1. The van der Waals surface area contributed by atoms with E-state index in [1.165, 1.54) is 31.2 Å². The second-order valence-electron chi connectivity index (χ2n) is 10.2. The molecule has 0 aromatic carbocycles. The van der Waals surface area contributed by atoms with Crippen LogP contribution in [0, 0.1) is 17.8 Å². The molecular formula is C25H43Cl2N3O2. The molecular weight excluding hydrogens is 445 g/mol. The van der Waals surface area contributed by atoms with Crippen molar-refractivity contribution in [2.45, 2.75) is 83.6 Å². The third-order valence-corrected chi connectivity index (χ3v) is 8.19. The first-order chi connectivity index (χ1) is 15.2. The van der Waals surface area contributed by atoms with E-state index < -0.39 is 4.87 Å². The van der Waals surface area contributed by atoms with Crippen molar-refractivity contribution in [1.29, 1.82) is 0 Å². The van der Waals surface area contributed by atoms with Crippen molar-refractivity contribution in [3.63, 3.8) is 0 Å². The number of nitrogens with one attached hydrogen (secondary N) is 1. The molecule has 0 spiro atoms. The number of likely N-dealkylation sites (tertiary alicyclic amines) is 1. The summed E-state index contributed by atoms with van der Waals surface area (Å²) in [6.45, 7) is 11.6. The Hall–Kier alpha value is -0.780. The molecule has 2 rings (SSSR count). The van der Waals surface area contributed by atoms with Gasteiger partial charge in [-0.3, -0.25) is 9.59 Å². The molecule has 1 aliphatic carbocycles. The van der Waals surface area contributed by atoms with Crippen molar-refractivity contribution in [1.82, 2.24) is 15.1 Å². The van der Waals surface area contributed by atoms with Gasteiger partial charge in [0.05, 0.1) is 4.87 Å². The fraction of sp³-hybridized carbons (Fsp3) is 0.840. The van der Waals surface area contributed by atoms with Gasteiger partial charge in [0.1, 0.15) is 0 Å². The molecule has 1 unspecified atom stereocenters. The summed E-state index contributed by atoms with van der Waals surface area (Å²) < 4.78 is 0. The first-order valence-corrected chi connectivity index (χ1v) is 13.2. The summed E-state index contributed by atoms with van der Waals surface area (Å²) in [5.74, 6) is 1.96. The van der Waals surface area contributed by atoms with Gasteiger partial charge in [0, 0.05) is 57.1 Å². The molecule has 0 bridgehead atoms. The molecule has 2 aliphatic rings. The molecule has 1 heterocycles. The number of alkyl halides is 1. The third-order valence-electron chi connectivity index (χ3n) is 7.38. The highest BCUT2D eigenvalue weighted by atomic mass is 35.5. The number of amides is 2. The van der Waals surface area contributed by atoms with Gasteiger partial charge in [0.2, 0.25) is 11.8 Å². The van der Waals surface area contributed by atoms with E-state index in [0.717, 1.165) is 24.8 Å². The lowest BCUT2D eigenvalue weighted by molar-refractivity contribution is -0.134. The van der Waals surface area contributed by atoms with Gasteiger partial charge in [-0.25, -0.2) is 0 Å². The second-order valence-corrected chi connectivity index (χ2v) is 11.2. The average Bonchev–Trinajstić information content (AvgIpc) is 3.16. The van der Waals surface area contributed by atoms with Crippen LogP contribution in [0.4, 0.5) is 0 Å². The molecule has 5 nitrogen and oxygen atoms in total. The molecule has 0 aromatic rings. The monoisotopic (exact) mass is 487 g/mol. The van der Waals surface area contributed by atoms with Crippen LogP contribution in [0.2, 0.25) is 0 Å². The molecule has 1 saturated heterocycles. The molecule has 1 atom stereocenters. The van der Waals surface area contributed by atoms with E-state index in [1.54, 1.807) is 6.08 Å². The zero-order valence-electron chi connectivity index (χ0n) is 20.4. The number of nitrogens with zero attached hydrogens (tertiary/aromatic N) is 2. The topological polar surface area (TPSA) is 52.7 Å². The standard InChI is InChI=1S/C25H43Cl2N3O2/c1-19(2)21-7-9-22(10-8-21)28-14-11-24(32)30(17-16-29-15-5-6-23(29)31)18-25(27,12-13-26)20(3)4/h12-13,19-22,28H,5-11,14-18H2,1-4H3/b13-12+. The number of hydrogen-bond acceptors (Lipinski definition) is 3. The normalized spacial score (nSPS) is 24.0. The summed E-state index contributed by atoms with van der Waals surface area (Å²) >= 11 is 12.7. The van der Waals surface area contributed by atoms with Crippen LogP contribution < -0.4 is 5.32 Å². The minimum absolute atomic E-state index is 0.0775. The van der Waals surface area contributed by atoms with E-state index in [1.807, 2.05) is 23.6 Å². The number of halogens is 2. The van der Waals surface area contributed by atoms with Crippen molar-refractivity contribution < 1.29 is 9.59 Å². The molecule has 2 amide bonds. The summed E-state index contributed by atoms with van der Waals surface area (Å²) in [4.78, 5) is 28.2. The highest BCUT2D eigenvalue weighted by Gasteiger charge is 2.33. The van der Waals surface area contributed by atoms with Gasteiger partial charge in [-0.15, -0.1) is 11.6 Å². The Labute approximate surface area is 205 Å². The van der Waals surface area contributed by atoms with Crippen LogP contribution in [0.1, 0.15) is 72.6 Å². The third kappa shape index (κ3) is 8.22. The summed E-state index contributed by atoms with van der Waals surface area (Å²) in [6, 6.07) is 0.510. The Balaban J connectivity index is 1.91. The molecule has 0 aromatic heterocycles. The molecule has 1 aliphatic heterocycles. The summed E-state index contributed by atoms with van der Waals surface area (Å²) in [5, 5.41) is 3.60. The number of carbonyl (C=O) groups excluding carboxylic acids is 2. The van der Waals surface area contributed by atoms with Gasteiger partial charge in [0.15, 0.2) is 0 Å². The first-order valence-electron chi connectivity index (χ1n) is 12.4. The smallest absolute Gasteiger partial charge is 0.223 e. The molecule has 1 saturated carbocycles. The van der Waals surface area contributed by atoms with Crippen LogP contribution in [0.15, 0.2) is 11.6 Å². The maximum absolute atomic E-state index is 13.2. The quantitative estimate of drug-likeness (QED) is 0.393. The van der Waals surface area contributed by atoms with E-state index >= 15 is 0 Å². The fourth-order valence-corrected chi connectivity index (χ4v) is 5.33. The lowest BCUT2D eigenvalue weighted by atomic mass is 9.80. The maximum Gasteiger partial charge on any atom is 0.223 e. The predicted molar refractivity (Wildman–Crippen MR) is 134 cm³/mol. The highest BCUT2D eigenvalue weighted by molar-refractivity contribution is 6.29. The van der Waals surface area contributed by atoms with Crippen molar-refractivity contribution in [2.75, 3.05) is 32.7 Å². The fourth-order valence-electron chi connectivity index (χ4n) is 4.83. The molecule has 32 heavy (non-hydrogen) atoms. The Kier molecular flexibility index (Phi) is 11.3. The van der Waals surface area contributed by atoms with Gasteiger partial charge in [-0.2, -0.15) is 0 Å². The van der Waals surface area contributed by atoms with Gasteiger partial charge < -0.3 is 15.1 Å². The largest absolute Gasteiger partial charge is 0.341 e. The Morgan fingerprint density at radius 3 is 2.47 bits per heavy atom. The zero-order chi connectivity index (χ0) is 23.7. The zero-order valence-corrected chi connectivity index (χ0v) is 21.9. The summed E-state index contributed by atoms with van der Waals surface area (Å²) in [6.07, 6.45) is 8.64. The number of rotatable bonds is 12. The number of hydrogen-bond donors (Lipinski definition) is 1. The lowest BCUT2D eigenvalue weighted by Crippen LogP contribution is -2.48. The Morgan fingerprint density at radius 1 is 1.25 bits per heavy atom. The Morgan fingerprint density at radius 2 is 1.94 bits per heavy atom. The van der Waals surface area contributed by atoms with E-state index in [0.29, 0.717) is 45.1 Å². The molecule has 0 radical (unpaired) electrons. The van der Waals surface area contributed by atoms with Gasteiger partial charge in [-0.1, -0.05) is 45.4 Å². The summed E-state index contributed by atoms with van der Waals surface area (Å²) in [5.41, 5.74) is 1.44. The van der Waals surface area contributed by atoms with Crippen LogP contribution in [-0.4, -0.2) is 65.3 Å². The molecule has 184 valence electrons. The van der Waals surface area contributed by atoms with Gasteiger partial charge >= 0.3 is 0 Å². The molecule has 1 N–H and O–H groups in total. The van der Waals surface area contributed by atoms with Crippen LogP contribution in [-0.2, 0) is 9.59 Å². The van der Waals surface area contributed by atoms with E-state index in [4.69, 9.17) is 23.2 Å². The van der Waals surface area contributed by atoms with Crippen LogP contribution >= 0.6 is 23.2 Å². The molecule has 2 fully saturated rings. The minimum atomic E-state index is -0.727. The van der Waals surface area contributed by atoms with Crippen LogP contribution in [0.3, 0.4) is 0 Å². The first kappa shape index (κ1) is 27.5. The van der Waals surface area contributed by atoms with Gasteiger partial charge in [0.25, 0.3) is 0 Å². The van der Waals surface area contributed by atoms with Crippen molar-refractivity contribution in [2.24, 2.45) is 17.8 Å². The van der Waals surface area contributed by atoms with Crippen molar-refractivity contribution in [3.8, 4) is 0 Å². The lowest BCUT2D eigenvalue weighted by Gasteiger charge is -2.35. The predicted octanol–water partition coefficient (Wildman–Crippen LogP) is 5.02. The van der Waals surface area contributed by atoms with E-state index in [9.17, 15) is 9.59 Å². The molecule has 7 heteroatoms. The van der Waals surface area contributed by atoms with E-state index in [-0.39, 0.29) is 17.7 Å². The van der Waals surface area contributed by atoms with Crippen molar-refractivity contribution in [3.05, 3.63) is 11.6 Å².